The van der Waals surface area contributed by atoms with Crippen LogP contribution in [0.3, 0.4) is 0 Å². The van der Waals surface area contributed by atoms with Crippen molar-refractivity contribution in [1.29, 1.82) is 0 Å². The van der Waals surface area contributed by atoms with E-state index in [1.807, 2.05) is 6.07 Å². The molecule has 0 spiro atoms. The molecule has 0 radical (unpaired) electrons. The van der Waals surface area contributed by atoms with Gasteiger partial charge in [-0.3, -0.25) is 14.5 Å². The van der Waals surface area contributed by atoms with Crippen molar-refractivity contribution in [1.82, 2.24) is 9.38 Å². The van der Waals surface area contributed by atoms with E-state index in [1.165, 1.54) is 6.07 Å². The second-order valence-electron chi connectivity index (χ2n) is 6.41. The quantitative estimate of drug-likeness (QED) is 0.585. The molecular formula is C16H18N4O2S. The topological polar surface area (TPSA) is 86.5 Å². The van der Waals surface area contributed by atoms with E-state index < -0.39 is 4.92 Å². The number of nitrogens with zero attached hydrogens (tertiary/aromatic N) is 3. The van der Waals surface area contributed by atoms with Crippen LogP contribution >= 0.6 is 11.3 Å². The van der Waals surface area contributed by atoms with Gasteiger partial charge < -0.3 is 5.73 Å². The second kappa shape index (κ2) is 5.43. The minimum absolute atomic E-state index is 0.0389. The Morgan fingerprint density at radius 1 is 1.39 bits per heavy atom. The molecule has 23 heavy (non-hydrogen) atoms. The highest BCUT2D eigenvalue weighted by Gasteiger charge is 2.24. The van der Waals surface area contributed by atoms with Crippen molar-refractivity contribution in [2.24, 2.45) is 5.73 Å². The van der Waals surface area contributed by atoms with Crippen molar-refractivity contribution in [3.05, 3.63) is 51.1 Å². The van der Waals surface area contributed by atoms with Crippen molar-refractivity contribution >= 4 is 22.0 Å². The van der Waals surface area contributed by atoms with E-state index in [2.05, 4.69) is 35.5 Å². The fraction of sp³-hybridized carbons (Fsp3) is 0.312. The largest absolute Gasteiger partial charge is 0.325 e. The number of thiazole rings is 1. The Labute approximate surface area is 137 Å². The zero-order valence-corrected chi connectivity index (χ0v) is 14.1. The molecule has 0 saturated carbocycles. The number of aromatic nitrogens is 2. The molecule has 0 aliphatic heterocycles. The van der Waals surface area contributed by atoms with Gasteiger partial charge in [-0.25, -0.2) is 4.98 Å². The Kier molecular flexibility index (Phi) is 3.69. The lowest BCUT2D eigenvalue weighted by Crippen LogP contribution is -2.16. The van der Waals surface area contributed by atoms with Crippen LogP contribution in [0.1, 0.15) is 32.2 Å². The summed E-state index contributed by atoms with van der Waals surface area (Å²) in [5.41, 5.74) is 9.45. The molecule has 7 heteroatoms. The molecule has 0 amide bonds. The minimum Gasteiger partial charge on any atom is -0.325 e. The van der Waals surface area contributed by atoms with E-state index in [9.17, 15) is 10.1 Å². The highest BCUT2D eigenvalue weighted by molar-refractivity contribution is 7.15. The third-order valence-corrected chi connectivity index (χ3v) is 4.58. The molecule has 0 unspecified atom stereocenters. The van der Waals surface area contributed by atoms with Crippen LogP contribution < -0.4 is 5.73 Å². The first-order valence-corrected chi connectivity index (χ1v) is 8.15. The maximum Gasteiger partial charge on any atom is 0.270 e. The van der Waals surface area contributed by atoms with Crippen LogP contribution in [0.2, 0.25) is 0 Å². The Morgan fingerprint density at radius 2 is 2.13 bits per heavy atom. The van der Waals surface area contributed by atoms with E-state index in [1.54, 1.807) is 23.5 Å². The van der Waals surface area contributed by atoms with E-state index in [4.69, 9.17) is 5.73 Å². The average Bonchev–Trinajstić information content (AvgIpc) is 3.04. The third kappa shape index (κ3) is 2.62. The molecule has 3 aromatic rings. The molecule has 1 aromatic carbocycles. The van der Waals surface area contributed by atoms with Crippen molar-refractivity contribution in [2.75, 3.05) is 0 Å². The van der Waals surface area contributed by atoms with Gasteiger partial charge in [-0.1, -0.05) is 32.9 Å². The van der Waals surface area contributed by atoms with E-state index in [0.717, 1.165) is 21.9 Å². The number of hydrogen-bond donors (Lipinski definition) is 1. The number of nitro groups is 1. The van der Waals surface area contributed by atoms with Gasteiger partial charge in [0, 0.05) is 40.7 Å². The number of fused-ring (bicyclic) bond motifs is 1. The van der Waals surface area contributed by atoms with Crippen LogP contribution in [-0.4, -0.2) is 14.3 Å². The minimum atomic E-state index is -0.398. The lowest BCUT2D eigenvalue weighted by atomic mass is 9.93. The monoisotopic (exact) mass is 330 g/mol. The van der Waals surface area contributed by atoms with Crippen LogP contribution in [0.5, 0.6) is 0 Å². The van der Waals surface area contributed by atoms with Gasteiger partial charge in [0.15, 0.2) is 4.96 Å². The summed E-state index contributed by atoms with van der Waals surface area (Å²) in [6.07, 6.45) is 0. The maximum absolute atomic E-state index is 11.0. The van der Waals surface area contributed by atoms with Crippen molar-refractivity contribution in [2.45, 2.75) is 32.7 Å². The molecule has 3 rings (SSSR count). The molecule has 0 saturated heterocycles. The third-order valence-electron chi connectivity index (χ3n) is 3.75. The molecule has 0 aliphatic carbocycles. The lowest BCUT2D eigenvalue weighted by molar-refractivity contribution is -0.384. The fourth-order valence-corrected chi connectivity index (χ4v) is 3.75. The van der Waals surface area contributed by atoms with Crippen molar-refractivity contribution in [3.8, 4) is 11.3 Å². The van der Waals surface area contributed by atoms with E-state index >= 15 is 0 Å². The molecule has 0 fully saturated rings. The predicted octanol–water partition coefficient (Wildman–Crippen LogP) is 3.73. The lowest BCUT2D eigenvalue weighted by Gasteiger charge is -2.18. The van der Waals surface area contributed by atoms with Crippen LogP contribution in [0, 0.1) is 10.1 Å². The first-order chi connectivity index (χ1) is 10.8. The summed E-state index contributed by atoms with van der Waals surface area (Å²) in [5.74, 6) is 0. The van der Waals surface area contributed by atoms with Gasteiger partial charge in [0.1, 0.15) is 0 Å². The molecule has 2 aromatic heterocycles. The predicted molar refractivity (Wildman–Crippen MR) is 91.8 cm³/mol. The summed E-state index contributed by atoms with van der Waals surface area (Å²) in [6, 6.07) is 6.52. The van der Waals surface area contributed by atoms with Gasteiger partial charge in [0.05, 0.1) is 16.3 Å². The first-order valence-electron chi connectivity index (χ1n) is 7.27. The maximum atomic E-state index is 11.0. The Bertz CT molecular complexity index is 889. The number of benzene rings is 1. The van der Waals surface area contributed by atoms with Crippen LogP contribution in [0.4, 0.5) is 5.69 Å². The summed E-state index contributed by atoms with van der Waals surface area (Å²) in [6.45, 7) is 6.74. The van der Waals surface area contributed by atoms with Gasteiger partial charge in [0.25, 0.3) is 5.69 Å². The highest BCUT2D eigenvalue weighted by Crippen LogP contribution is 2.34. The summed E-state index contributed by atoms with van der Waals surface area (Å²) >= 11 is 1.56. The zero-order chi connectivity index (χ0) is 16.8. The number of non-ortho nitro benzene ring substituents is 1. The second-order valence-corrected chi connectivity index (χ2v) is 7.24. The first kappa shape index (κ1) is 15.6. The van der Waals surface area contributed by atoms with E-state index in [0.29, 0.717) is 12.2 Å². The number of rotatable bonds is 3. The van der Waals surface area contributed by atoms with Gasteiger partial charge in [-0.15, -0.1) is 11.3 Å². The van der Waals surface area contributed by atoms with Crippen molar-refractivity contribution in [3.63, 3.8) is 0 Å². The average molecular weight is 330 g/mol. The fourth-order valence-electron chi connectivity index (χ4n) is 2.62. The molecule has 6 nitrogen and oxygen atoms in total. The molecule has 0 aliphatic rings. The van der Waals surface area contributed by atoms with Gasteiger partial charge in [-0.05, 0) is 0 Å². The molecule has 120 valence electrons. The summed E-state index contributed by atoms with van der Waals surface area (Å²) < 4.78 is 2.08. The molecule has 2 N–H and O–H groups in total. The highest BCUT2D eigenvalue weighted by atomic mass is 32.1. The zero-order valence-electron chi connectivity index (χ0n) is 13.2. The molecule has 0 atom stereocenters. The van der Waals surface area contributed by atoms with Gasteiger partial charge in [0.2, 0.25) is 0 Å². The molecular weight excluding hydrogens is 312 g/mol. The number of hydrogen-bond acceptors (Lipinski definition) is 5. The van der Waals surface area contributed by atoms with E-state index in [-0.39, 0.29) is 11.1 Å². The number of nitrogens with two attached hydrogens (primary N) is 1. The molecule has 2 heterocycles. The van der Waals surface area contributed by atoms with Gasteiger partial charge >= 0.3 is 0 Å². The van der Waals surface area contributed by atoms with Crippen LogP contribution in [-0.2, 0) is 12.0 Å². The summed E-state index contributed by atoms with van der Waals surface area (Å²) in [5, 5.41) is 13.1. The smallest absolute Gasteiger partial charge is 0.270 e. The summed E-state index contributed by atoms with van der Waals surface area (Å²) in [7, 11) is 0. The molecule has 0 bridgehead atoms. The Hall–Kier alpha value is -2.25. The Balaban J connectivity index is 2.25. The SMILES string of the molecule is CC(C)(C)c1csc2nc(-c3cccc([N+](=O)[O-])c3)c(CN)n12. The van der Waals surface area contributed by atoms with Gasteiger partial charge in [-0.2, -0.15) is 0 Å². The Morgan fingerprint density at radius 3 is 2.74 bits per heavy atom. The number of imidazole rings is 1. The normalized spacial score (nSPS) is 12.0. The number of nitro benzene ring substituents is 1. The van der Waals surface area contributed by atoms with Crippen LogP contribution in [0.15, 0.2) is 29.6 Å². The van der Waals surface area contributed by atoms with Crippen molar-refractivity contribution < 1.29 is 4.92 Å². The standard InChI is InChI=1S/C16H18N4O2S/c1-16(2,3)13-9-23-15-18-14(12(8-17)19(13)15)10-5-4-6-11(7-10)20(21)22/h4-7,9H,8,17H2,1-3H3. The van der Waals surface area contributed by atoms with Crippen LogP contribution in [0.25, 0.3) is 16.2 Å². The summed E-state index contributed by atoms with van der Waals surface area (Å²) in [4.78, 5) is 16.1.